The van der Waals surface area contributed by atoms with Gasteiger partial charge in [0, 0.05) is 13.6 Å². The number of halogens is 3. The van der Waals surface area contributed by atoms with Gasteiger partial charge < -0.3 is 10.6 Å². The van der Waals surface area contributed by atoms with Gasteiger partial charge in [-0.05, 0) is 12.3 Å². The first-order valence-corrected chi connectivity index (χ1v) is 11.0. The molecule has 2 aromatic rings. The molecule has 0 aliphatic heterocycles. The molecule has 5 nitrogen and oxygen atoms in total. The quantitative estimate of drug-likeness (QED) is 0.648. The topological polar surface area (TPSA) is 66.9 Å². The maximum Gasteiger partial charge on any atom is 0.434 e. The predicted molar refractivity (Wildman–Crippen MR) is 109 cm³/mol. The molecule has 0 unspecified atom stereocenters. The molecular formula is C20H27F3N4OS. The molecule has 1 saturated carbocycles. The summed E-state index contributed by atoms with van der Waals surface area (Å²) in [5, 5.41) is 5.82. The number of alkyl halides is 3. The van der Waals surface area contributed by atoms with E-state index in [9.17, 15) is 18.0 Å². The van der Waals surface area contributed by atoms with Gasteiger partial charge in [-0.1, -0.05) is 51.4 Å². The van der Waals surface area contributed by atoms with Crippen LogP contribution in [0.3, 0.4) is 0 Å². The number of carbonyl (C=O) groups excluding carboxylic acids is 1. The van der Waals surface area contributed by atoms with Crippen LogP contribution < -0.4 is 10.6 Å². The van der Waals surface area contributed by atoms with Crippen molar-refractivity contribution in [1.82, 2.24) is 15.3 Å². The van der Waals surface area contributed by atoms with Crippen LogP contribution in [0.15, 0.2) is 6.20 Å². The van der Waals surface area contributed by atoms with Crippen molar-refractivity contribution in [1.29, 1.82) is 0 Å². The lowest BCUT2D eigenvalue weighted by Crippen LogP contribution is -2.26. The van der Waals surface area contributed by atoms with Gasteiger partial charge in [0.2, 0.25) is 0 Å². The highest BCUT2D eigenvalue weighted by atomic mass is 32.1. The number of amides is 1. The van der Waals surface area contributed by atoms with Gasteiger partial charge in [0.25, 0.3) is 5.91 Å². The average molecular weight is 429 g/mol. The van der Waals surface area contributed by atoms with Gasteiger partial charge >= 0.3 is 6.18 Å². The van der Waals surface area contributed by atoms with Crippen LogP contribution in [0.4, 0.5) is 18.9 Å². The first-order valence-electron chi connectivity index (χ1n) is 10.2. The van der Waals surface area contributed by atoms with Crippen LogP contribution in [0.2, 0.25) is 0 Å². The Kier molecular flexibility index (Phi) is 7.32. The van der Waals surface area contributed by atoms with Crippen molar-refractivity contribution in [3.63, 3.8) is 0 Å². The van der Waals surface area contributed by atoms with Crippen LogP contribution in [0.25, 0.3) is 10.3 Å². The number of nitrogens with zero attached hydrogens (tertiary/aromatic N) is 2. The lowest BCUT2D eigenvalue weighted by atomic mass is 9.94. The summed E-state index contributed by atoms with van der Waals surface area (Å²) in [4.78, 5) is 20.6. The minimum atomic E-state index is -4.57. The molecule has 1 aliphatic carbocycles. The number of nitrogens with one attached hydrogen (secondary N) is 2. The van der Waals surface area contributed by atoms with Crippen molar-refractivity contribution in [3.05, 3.63) is 16.8 Å². The molecule has 2 N–H and O–H groups in total. The minimum Gasteiger partial charge on any atom is -0.385 e. The van der Waals surface area contributed by atoms with E-state index in [1.54, 1.807) is 7.05 Å². The summed E-state index contributed by atoms with van der Waals surface area (Å²) in [6.07, 6.45) is 7.18. The first-order chi connectivity index (χ1) is 13.9. The zero-order chi connectivity index (χ0) is 20.9. The van der Waals surface area contributed by atoms with E-state index in [0.717, 1.165) is 17.8 Å². The fourth-order valence-electron chi connectivity index (χ4n) is 3.87. The van der Waals surface area contributed by atoms with E-state index in [1.165, 1.54) is 51.4 Å². The van der Waals surface area contributed by atoms with Gasteiger partial charge in [0.05, 0.1) is 11.9 Å². The summed E-state index contributed by atoms with van der Waals surface area (Å²) in [6.45, 7) is 0.565. The molecule has 0 bridgehead atoms. The van der Waals surface area contributed by atoms with Crippen molar-refractivity contribution in [2.75, 3.05) is 18.9 Å². The Balaban J connectivity index is 1.66. The Morgan fingerprint density at radius 2 is 1.83 bits per heavy atom. The zero-order valence-corrected chi connectivity index (χ0v) is 17.4. The molecule has 3 rings (SSSR count). The van der Waals surface area contributed by atoms with E-state index >= 15 is 0 Å². The second-order valence-corrected chi connectivity index (χ2v) is 8.57. The van der Waals surface area contributed by atoms with Crippen LogP contribution in [-0.2, 0) is 6.18 Å². The highest BCUT2D eigenvalue weighted by Gasteiger charge is 2.34. The van der Waals surface area contributed by atoms with Gasteiger partial charge in [-0.15, -0.1) is 11.3 Å². The Labute approximate surface area is 172 Å². The van der Waals surface area contributed by atoms with Crippen molar-refractivity contribution in [2.45, 2.75) is 64.0 Å². The molecule has 1 aliphatic rings. The van der Waals surface area contributed by atoms with Crippen LogP contribution in [0, 0.1) is 5.92 Å². The zero-order valence-electron chi connectivity index (χ0n) is 16.6. The number of carbonyl (C=O) groups is 1. The van der Waals surface area contributed by atoms with Crippen LogP contribution >= 0.6 is 11.3 Å². The number of fused-ring (bicyclic) bond motifs is 1. The van der Waals surface area contributed by atoms with E-state index in [-0.39, 0.29) is 16.3 Å². The Morgan fingerprint density at radius 3 is 2.45 bits per heavy atom. The molecule has 0 spiro atoms. The third-order valence-electron chi connectivity index (χ3n) is 5.46. The highest BCUT2D eigenvalue weighted by molar-refractivity contribution is 7.21. The van der Waals surface area contributed by atoms with Gasteiger partial charge in [-0.3, -0.25) is 4.79 Å². The molecule has 29 heavy (non-hydrogen) atoms. The molecule has 9 heteroatoms. The van der Waals surface area contributed by atoms with Gasteiger partial charge in [-0.25, -0.2) is 9.97 Å². The fourth-order valence-corrected chi connectivity index (χ4v) is 4.93. The summed E-state index contributed by atoms with van der Waals surface area (Å²) in [7, 11) is 1.62. The number of aromatic nitrogens is 2. The van der Waals surface area contributed by atoms with E-state index in [1.807, 2.05) is 0 Å². The predicted octanol–water partition coefficient (Wildman–Crippen LogP) is 5.62. The Bertz CT molecular complexity index is 827. The molecule has 0 saturated heterocycles. The Hall–Kier alpha value is -1.90. The maximum absolute atomic E-state index is 12.9. The second-order valence-electron chi connectivity index (χ2n) is 7.57. The average Bonchev–Trinajstić information content (AvgIpc) is 3.11. The number of rotatable bonds is 5. The summed E-state index contributed by atoms with van der Waals surface area (Å²) in [5.74, 6) is 0.327. The van der Waals surface area contributed by atoms with E-state index in [2.05, 4.69) is 20.6 Å². The number of hydrogen-bond acceptors (Lipinski definition) is 5. The highest BCUT2D eigenvalue weighted by Crippen LogP contribution is 2.36. The SMILES string of the molecule is CNc1c(C(=O)NCCC2CCCCCCCC2)sc2nc(C(F)(F)F)cnc12. The Morgan fingerprint density at radius 1 is 1.17 bits per heavy atom. The van der Waals surface area contributed by atoms with E-state index < -0.39 is 11.9 Å². The standard InChI is InChI=1S/C20H27F3N4OS/c1-24-15-16-19(27-14(12-26-16)20(21,22)23)29-17(15)18(28)25-11-10-13-8-6-4-2-3-5-7-9-13/h12-13,24H,2-11H2,1H3,(H,25,28). The number of anilines is 1. The largest absolute Gasteiger partial charge is 0.434 e. The molecular weight excluding hydrogens is 401 g/mol. The van der Waals surface area contributed by atoms with Crippen molar-refractivity contribution in [3.8, 4) is 0 Å². The summed E-state index contributed by atoms with van der Waals surface area (Å²) >= 11 is 0.934. The number of thiophene rings is 1. The lowest BCUT2D eigenvalue weighted by molar-refractivity contribution is -0.141. The molecule has 0 atom stereocenters. The normalized spacial score (nSPS) is 16.8. The molecule has 2 aromatic heterocycles. The molecule has 0 aromatic carbocycles. The number of hydrogen-bond donors (Lipinski definition) is 2. The molecule has 2 heterocycles. The third kappa shape index (κ3) is 5.58. The van der Waals surface area contributed by atoms with E-state index in [0.29, 0.717) is 29.2 Å². The molecule has 160 valence electrons. The fraction of sp³-hybridized carbons (Fsp3) is 0.650. The van der Waals surface area contributed by atoms with Crippen LogP contribution in [-0.4, -0.2) is 29.5 Å². The first kappa shape index (κ1) is 21.8. The smallest absolute Gasteiger partial charge is 0.385 e. The minimum absolute atomic E-state index is 0.102. The van der Waals surface area contributed by atoms with Crippen LogP contribution in [0.1, 0.15) is 73.2 Å². The molecule has 1 fully saturated rings. The lowest BCUT2D eigenvalue weighted by Gasteiger charge is -2.16. The van der Waals surface area contributed by atoms with Crippen molar-refractivity contribution < 1.29 is 18.0 Å². The summed E-state index contributed by atoms with van der Waals surface area (Å²) in [5.41, 5.74) is -0.348. The van der Waals surface area contributed by atoms with Gasteiger partial charge in [-0.2, -0.15) is 13.2 Å². The maximum atomic E-state index is 12.9. The van der Waals surface area contributed by atoms with Crippen molar-refractivity contribution in [2.24, 2.45) is 5.92 Å². The molecule has 0 radical (unpaired) electrons. The van der Waals surface area contributed by atoms with Crippen LogP contribution in [0.5, 0.6) is 0 Å². The van der Waals surface area contributed by atoms with Crippen molar-refractivity contribution >= 4 is 33.3 Å². The summed E-state index contributed by atoms with van der Waals surface area (Å²) in [6, 6.07) is 0. The summed E-state index contributed by atoms with van der Waals surface area (Å²) < 4.78 is 38.7. The monoisotopic (exact) mass is 428 g/mol. The third-order valence-corrected chi connectivity index (χ3v) is 6.53. The van der Waals surface area contributed by atoms with E-state index in [4.69, 9.17) is 0 Å². The van der Waals surface area contributed by atoms with Gasteiger partial charge in [0.1, 0.15) is 15.2 Å². The molecule has 1 amide bonds. The van der Waals surface area contributed by atoms with Gasteiger partial charge in [0.15, 0.2) is 5.69 Å². The second kappa shape index (κ2) is 9.73.